The number of hydrogen-bond donors (Lipinski definition) is 2. The van der Waals surface area contributed by atoms with Gasteiger partial charge in [-0.2, -0.15) is 0 Å². The van der Waals surface area contributed by atoms with E-state index in [0.29, 0.717) is 11.3 Å². The van der Waals surface area contributed by atoms with Gasteiger partial charge in [0.2, 0.25) is 0 Å². The Morgan fingerprint density at radius 3 is 2.53 bits per heavy atom. The molecule has 0 saturated heterocycles. The Balaban J connectivity index is 2.48. The van der Waals surface area contributed by atoms with Crippen LogP contribution in [0, 0.1) is 0 Å². The third-order valence-corrected chi connectivity index (χ3v) is 2.75. The van der Waals surface area contributed by atoms with Crippen LogP contribution in [-0.4, -0.2) is 21.9 Å². The second-order valence-corrected chi connectivity index (χ2v) is 4.09. The summed E-state index contributed by atoms with van der Waals surface area (Å²) in [4.78, 5) is 11.5. The normalized spacial score (nSPS) is 11.4. The van der Waals surface area contributed by atoms with Crippen LogP contribution in [0.5, 0.6) is 5.75 Å². The molecular weight excluding hydrogens is 212 g/mol. The Kier molecular flexibility index (Phi) is 4.24. The lowest BCUT2D eigenvalue weighted by Gasteiger charge is -1.98. The maximum Gasteiger partial charge on any atom is 0.330 e. The summed E-state index contributed by atoms with van der Waals surface area (Å²) in [6.07, 6.45) is 1.67. The average molecular weight is 224 g/mol. The van der Waals surface area contributed by atoms with Gasteiger partial charge in [-0.1, -0.05) is 6.08 Å². The molecular formula is C11H12O3S. The number of hydrogen-bond acceptors (Lipinski definition) is 3. The zero-order valence-corrected chi connectivity index (χ0v) is 9.12. The highest BCUT2D eigenvalue weighted by Crippen LogP contribution is 2.20. The first-order valence-corrected chi connectivity index (χ1v) is 5.40. The van der Waals surface area contributed by atoms with Gasteiger partial charge in [0.1, 0.15) is 5.75 Å². The maximum absolute atomic E-state index is 10.5. The zero-order valence-electron chi connectivity index (χ0n) is 8.30. The molecule has 0 bridgehead atoms. The Hall–Kier alpha value is -1.42. The molecule has 0 aliphatic rings. The molecule has 0 amide bonds. The van der Waals surface area contributed by atoms with E-state index >= 15 is 0 Å². The van der Waals surface area contributed by atoms with E-state index in [1.54, 1.807) is 37.3 Å². The van der Waals surface area contributed by atoms with Gasteiger partial charge in [-0.15, -0.1) is 11.8 Å². The highest BCUT2D eigenvalue weighted by atomic mass is 32.2. The largest absolute Gasteiger partial charge is 0.508 e. The van der Waals surface area contributed by atoms with Crippen LogP contribution in [0.25, 0.3) is 0 Å². The van der Waals surface area contributed by atoms with Crippen LogP contribution in [-0.2, 0) is 4.79 Å². The third kappa shape index (κ3) is 4.08. The fraction of sp³-hybridized carbons (Fsp3) is 0.182. The molecule has 4 heteroatoms. The molecule has 1 rings (SSSR count). The first-order valence-electron chi connectivity index (χ1n) is 4.41. The minimum Gasteiger partial charge on any atom is -0.508 e. The summed E-state index contributed by atoms with van der Waals surface area (Å²) >= 11 is 1.52. The lowest BCUT2D eigenvalue weighted by atomic mass is 10.3. The average Bonchev–Trinajstić information content (AvgIpc) is 2.20. The molecule has 0 aliphatic heterocycles. The number of rotatable bonds is 4. The fourth-order valence-corrected chi connectivity index (χ4v) is 1.75. The highest BCUT2D eigenvalue weighted by Gasteiger charge is 1.98. The molecule has 0 heterocycles. The van der Waals surface area contributed by atoms with Crippen LogP contribution in [0.2, 0.25) is 0 Å². The van der Waals surface area contributed by atoms with Gasteiger partial charge >= 0.3 is 5.97 Å². The van der Waals surface area contributed by atoms with E-state index in [4.69, 9.17) is 10.2 Å². The molecule has 0 atom stereocenters. The van der Waals surface area contributed by atoms with Gasteiger partial charge in [-0.3, -0.25) is 0 Å². The quantitative estimate of drug-likeness (QED) is 0.609. The zero-order chi connectivity index (χ0) is 11.3. The van der Waals surface area contributed by atoms with Gasteiger partial charge < -0.3 is 10.2 Å². The number of carboxylic acid groups (broad SMARTS) is 1. The van der Waals surface area contributed by atoms with Crippen molar-refractivity contribution in [1.82, 2.24) is 0 Å². The van der Waals surface area contributed by atoms with Crippen molar-refractivity contribution in [2.75, 3.05) is 5.75 Å². The molecule has 0 aliphatic carbocycles. The second kappa shape index (κ2) is 5.46. The maximum atomic E-state index is 10.5. The number of carbonyl (C=O) groups is 1. The van der Waals surface area contributed by atoms with Crippen molar-refractivity contribution >= 4 is 17.7 Å². The van der Waals surface area contributed by atoms with Crippen molar-refractivity contribution in [2.24, 2.45) is 0 Å². The van der Waals surface area contributed by atoms with E-state index in [2.05, 4.69) is 0 Å². The van der Waals surface area contributed by atoms with Crippen molar-refractivity contribution in [3.05, 3.63) is 35.9 Å². The summed E-state index contributed by atoms with van der Waals surface area (Å²) < 4.78 is 0. The highest BCUT2D eigenvalue weighted by molar-refractivity contribution is 7.99. The van der Waals surface area contributed by atoms with E-state index in [-0.39, 0.29) is 5.75 Å². The first kappa shape index (κ1) is 11.7. The van der Waals surface area contributed by atoms with E-state index < -0.39 is 5.97 Å². The first-order chi connectivity index (χ1) is 7.09. The van der Waals surface area contributed by atoms with Gasteiger partial charge in [-0.05, 0) is 31.2 Å². The number of benzene rings is 1. The van der Waals surface area contributed by atoms with E-state index in [1.807, 2.05) is 0 Å². The summed E-state index contributed by atoms with van der Waals surface area (Å²) in [6, 6.07) is 6.81. The van der Waals surface area contributed by atoms with Crippen LogP contribution < -0.4 is 0 Å². The van der Waals surface area contributed by atoms with Crippen LogP contribution in [0.1, 0.15) is 6.92 Å². The number of aromatic hydroxyl groups is 1. The summed E-state index contributed by atoms with van der Waals surface area (Å²) in [6.45, 7) is 1.57. The number of carboxylic acids is 1. The molecule has 0 spiro atoms. The Morgan fingerprint density at radius 1 is 1.40 bits per heavy atom. The molecule has 0 unspecified atom stereocenters. The van der Waals surface area contributed by atoms with E-state index in [0.717, 1.165) is 4.90 Å². The van der Waals surface area contributed by atoms with Gasteiger partial charge in [0, 0.05) is 16.2 Å². The summed E-state index contributed by atoms with van der Waals surface area (Å²) in [5.74, 6) is -0.0407. The molecule has 1 aromatic carbocycles. The number of phenolic OH excluding ortho intramolecular Hbond substituents is 1. The molecule has 0 radical (unpaired) electrons. The molecule has 1 aromatic rings. The van der Waals surface area contributed by atoms with Crippen molar-refractivity contribution in [3.8, 4) is 5.75 Å². The summed E-state index contributed by atoms with van der Waals surface area (Å²) in [5.41, 5.74) is 0.348. The van der Waals surface area contributed by atoms with Crippen molar-refractivity contribution in [2.45, 2.75) is 11.8 Å². The standard InChI is InChI=1S/C11H12O3S/c1-8(11(13)14)6-7-15-10-4-2-9(12)3-5-10/h2-6,12H,7H2,1H3,(H,13,14). The molecule has 0 saturated carbocycles. The van der Waals surface area contributed by atoms with Crippen LogP contribution in [0.4, 0.5) is 0 Å². The lowest BCUT2D eigenvalue weighted by molar-refractivity contribution is -0.132. The molecule has 3 nitrogen and oxygen atoms in total. The minimum atomic E-state index is -0.888. The van der Waals surface area contributed by atoms with Crippen molar-refractivity contribution < 1.29 is 15.0 Å². The van der Waals surface area contributed by atoms with E-state index in [1.165, 1.54) is 11.8 Å². The molecule has 0 fully saturated rings. The van der Waals surface area contributed by atoms with Gasteiger partial charge in [0.25, 0.3) is 0 Å². The third-order valence-electron chi connectivity index (χ3n) is 1.81. The summed E-state index contributed by atoms with van der Waals surface area (Å²) in [5, 5.41) is 17.6. The van der Waals surface area contributed by atoms with Crippen LogP contribution in [0.15, 0.2) is 40.8 Å². The number of phenols is 1. The number of aliphatic carboxylic acids is 1. The minimum absolute atomic E-state index is 0.233. The predicted molar refractivity (Wildman–Crippen MR) is 60.2 cm³/mol. The fourth-order valence-electron chi connectivity index (χ4n) is 0.893. The topological polar surface area (TPSA) is 57.5 Å². The molecule has 80 valence electrons. The summed E-state index contributed by atoms with van der Waals surface area (Å²) in [7, 11) is 0. The Morgan fingerprint density at radius 2 is 2.00 bits per heavy atom. The SMILES string of the molecule is CC(=CCSc1ccc(O)cc1)C(=O)O. The van der Waals surface area contributed by atoms with Crippen LogP contribution >= 0.6 is 11.8 Å². The molecule has 0 aromatic heterocycles. The smallest absolute Gasteiger partial charge is 0.330 e. The lowest BCUT2D eigenvalue weighted by Crippen LogP contribution is -1.96. The van der Waals surface area contributed by atoms with Gasteiger partial charge in [0.15, 0.2) is 0 Å². The molecule has 2 N–H and O–H groups in total. The Labute approximate surface area is 92.4 Å². The van der Waals surface area contributed by atoms with Crippen molar-refractivity contribution in [3.63, 3.8) is 0 Å². The predicted octanol–water partition coefficient (Wildman–Crippen LogP) is 2.52. The Bertz CT molecular complexity index is 368. The second-order valence-electron chi connectivity index (χ2n) is 3.00. The van der Waals surface area contributed by atoms with Crippen LogP contribution in [0.3, 0.4) is 0 Å². The molecule has 15 heavy (non-hydrogen) atoms. The number of thioether (sulfide) groups is 1. The van der Waals surface area contributed by atoms with Crippen molar-refractivity contribution in [1.29, 1.82) is 0 Å². The van der Waals surface area contributed by atoms with E-state index in [9.17, 15) is 4.79 Å². The monoisotopic (exact) mass is 224 g/mol. The van der Waals surface area contributed by atoms with Gasteiger partial charge in [-0.25, -0.2) is 4.79 Å². The van der Waals surface area contributed by atoms with Gasteiger partial charge in [0.05, 0.1) is 0 Å².